The number of Topliss-reactive ketones (excluding diaryl/α,β-unsaturated/α-hetero) is 8. The van der Waals surface area contributed by atoms with Gasteiger partial charge >= 0.3 is 5.97 Å². The second-order valence-corrected chi connectivity index (χ2v) is 32.9. The molecule has 0 aromatic rings. The predicted molar refractivity (Wildman–Crippen MR) is 477 cm³/mol. The van der Waals surface area contributed by atoms with Crippen LogP contribution in [0.4, 0.5) is 0 Å². The Kier molecular flexibility index (Phi) is 69.5. The van der Waals surface area contributed by atoms with Gasteiger partial charge in [-0.25, -0.2) is 0 Å². The van der Waals surface area contributed by atoms with Gasteiger partial charge in [0.05, 0.1) is 0 Å². The third kappa shape index (κ3) is 40.9. The van der Waals surface area contributed by atoms with Crippen molar-refractivity contribution in [2.75, 3.05) is 0 Å². The van der Waals surface area contributed by atoms with E-state index in [2.05, 4.69) is 71.7 Å². The first-order valence-electron chi connectivity index (χ1n) is 46.6. The quantitative estimate of drug-likeness (QED) is 0.0351. The Morgan fingerprint density at radius 1 is 0.214 bits per heavy atom. The number of carbonyl (C=O) groups is 9. The molecule has 0 spiro atoms. The SMILES string of the molecule is C=CCCCCCCCC(=O)C(CCCCCCC/C=C/CCCCCCCC)(C(=O)CCCCCCCC=C)C(C(=O)CCCCCCCC=C)(C(=O)CCCCCCCC=C)C(C(=O)CCCCCCCC=C)(C(=O)CCCCCCCC=C)C(C(=O)O)(C(=O)CCCCCCCC=C)C(=O)CCCCCCCC=C. The number of aliphatic carboxylic acids is 1. The molecule has 0 amide bonds. The number of carboxylic acid groups (broad SMARTS) is 1. The summed E-state index contributed by atoms with van der Waals surface area (Å²) in [6, 6.07) is 0. The van der Waals surface area contributed by atoms with Crippen molar-refractivity contribution in [1.82, 2.24) is 0 Å². The summed E-state index contributed by atoms with van der Waals surface area (Å²) in [7, 11) is 0. The number of hydrogen-bond acceptors (Lipinski definition) is 9. The second-order valence-electron chi connectivity index (χ2n) is 32.9. The molecule has 0 aromatic carbocycles. The van der Waals surface area contributed by atoms with E-state index < -0.39 is 119 Å². The molecule has 0 aliphatic carbocycles. The van der Waals surface area contributed by atoms with E-state index in [-0.39, 0.29) is 70.6 Å². The Morgan fingerprint density at radius 3 is 0.616 bits per heavy atom. The molecule has 0 atom stereocenters. The van der Waals surface area contributed by atoms with Crippen molar-refractivity contribution >= 4 is 52.2 Å². The van der Waals surface area contributed by atoms with E-state index in [1.807, 2.05) is 48.6 Å². The maximum absolute atomic E-state index is 18.4. The monoisotopic (exact) mass is 1560 g/mol. The van der Waals surface area contributed by atoms with Gasteiger partial charge in [-0.3, -0.25) is 43.2 Å². The number of ketones is 8. The van der Waals surface area contributed by atoms with Crippen LogP contribution in [0.15, 0.2) is 113 Å². The van der Waals surface area contributed by atoms with Gasteiger partial charge in [-0.1, -0.05) is 280 Å². The fourth-order valence-corrected chi connectivity index (χ4v) is 17.5. The summed E-state index contributed by atoms with van der Waals surface area (Å²) in [6.45, 7) is 33.7. The summed E-state index contributed by atoms with van der Waals surface area (Å²) in [6.07, 6.45) is 56.5. The Morgan fingerprint density at radius 2 is 0.393 bits per heavy atom. The normalized spacial score (nSPS) is 11.9. The fraction of sp³-hybridized carbons (Fsp3) is 0.735. The molecule has 10 nitrogen and oxygen atoms in total. The summed E-state index contributed by atoms with van der Waals surface area (Å²) < 4.78 is 0. The third-order valence-electron chi connectivity index (χ3n) is 23.9. The summed E-state index contributed by atoms with van der Waals surface area (Å²) in [5.74, 6) is -10.3. The molecule has 0 fully saturated rings. The zero-order valence-electron chi connectivity index (χ0n) is 72.5. The van der Waals surface area contributed by atoms with Gasteiger partial charge in [0.25, 0.3) is 0 Å². The van der Waals surface area contributed by atoms with Crippen LogP contribution in [0.2, 0.25) is 0 Å². The first kappa shape index (κ1) is 106. The molecule has 0 aliphatic rings. The molecule has 0 rings (SSSR count). The van der Waals surface area contributed by atoms with Crippen LogP contribution >= 0.6 is 0 Å². The fourth-order valence-electron chi connectivity index (χ4n) is 17.5. The van der Waals surface area contributed by atoms with Gasteiger partial charge < -0.3 is 5.11 Å². The van der Waals surface area contributed by atoms with Crippen LogP contribution < -0.4 is 0 Å². The van der Waals surface area contributed by atoms with Crippen molar-refractivity contribution < 1.29 is 48.3 Å². The highest BCUT2D eigenvalue weighted by molar-refractivity contribution is 6.36. The molecule has 0 heterocycles. The predicted octanol–water partition coefficient (Wildman–Crippen LogP) is 29.9. The van der Waals surface area contributed by atoms with Gasteiger partial charge in [0, 0.05) is 51.4 Å². The summed E-state index contributed by atoms with van der Waals surface area (Å²) >= 11 is 0. The highest BCUT2D eigenvalue weighted by Crippen LogP contribution is 2.68. The van der Waals surface area contributed by atoms with E-state index in [9.17, 15) is 5.11 Å². The van der Waals surface area contributed by atoms with Crippen molar-refractivity contribution in [3.8, 4) is 0 Å². The molecule has 0 aliphatic heterocycles. The summed E-state index contributed by atoms with van der Waals surface area (Å²) in [5.41, 5.74) is -13.8. The van der Waals surface area contributed by atoms with Gasteiger partial charge in [0.1, 0.15) is 50.9 Å². The lowest BCUT2D eigenvalue weighted by molar-refractivity contribution is -0.205. The van der Waals surface area contributed by atoms with Crippen LogP contribution in [-0.2, 0) is 43.2 Å². The van der Waals surface area contributed by atoms with Crippen LogP contribution in [0, 0.1) is 21.7 Å². The number of carboxylic acids is 1. The van der Waals surface area contributed by atoms with Crippen LogP contribution in [0.3, 0.4) is 0 Å². The Balaban J connectivity index is 10.9. The van der Waals surface area contributed by atoms with Gasteiger partial charge in [-0.2, -0.15) is 0 Å². The highest BCUT2D eigenvalue weighted by atomic mass is 16.4. The lowest BCUT2D eigenvalue weighted by Crippen LogP contribution is -2.80. The van der Waals surface area contributed by atoms with E-state index in [0.29, 0.717) is 103 Å². The average Bonchev–Trinajstić information content (AvgIpc) is 0.654. The first-order chi connectivity index (χ1) is 54.6. The van der Waals surface area contributed by atoms with E-state index in [4.69, 9.17) is 0 Å². The lowest BCUT2D eigenvalue weighted by Gasteiger charge is -2.60. The first-order valence-corrected chi connectivity index (χ1v) is 46.6. The largest absolute Gasteiger partial charge is 0.480 e. The zero-order valence-corrected chi connectivity index (χ0v) is 72.5. The van der Waals surface area contributed by atoms with Gasteiger partial charge in [0.15, 0.2) is 11.6 Å². The molecular formula is C102H170O10. The van der Waals surface area contributed by atoms with E-state index in [1.165, 1.54) is 32.1 Å². The van der Waals surface area contributed by atoms with Gasteiger partial charge in [-0.15, -0.1) is 52.6 Å². The average molecular weight is 1560 g/mol. The Bertz CT molecular complexity index is 2490. The van der Waals surface area contributed by atoms with Crippen molar-refractivity contribution in [2.45, 2.75) is 456 Å². The van der Waals surface area contributed by atoms with E-state index >= 15 is 43.2 Å². The van der Waals surface area contributed by atoms with Crippen LogP contribution in [0.5, 0.6) is 0 Å². The van der Waals surface area contributed by atoms with E-state index in [1.54, 1.807) is 0 Å². The minimum absolute atomic E-state index is 0.0630. The van der Waals surface area contributed by atoms with Gasteiger partial charge in [0.2, 0.25) is 5.41 Å². The maximum Gasteiger partial charge on any atom is 0.326 e. The highest BCUT2D eigenvalue weighted by Gasteiger charge is 2.87. The maximum atomic E-state index is 18.4. The molecule has 638 valence electrons. The Labute approximate surface area is 688 Å². The molecule has 10 heteroatoms. The zero-order chi connectivity index (χ0) is 82.8. The standard InChI is InChI=1S/C102H170O10/c1-10-19-28-37-46-47-48-49-50-51-52-53-62-71-80-89-99(90(103)81-72-63-54-38-29-20-11-2,91(104)82-73-64-55-39-30-21-12-3)101(94(107)85-76-67-58-42-33-24-15-6,95(108)86-77-68-59-43-34-25-16-7)102(96(109)87-78-69-60-44-35-26-17-8,97(110)88-79-70-61-45-36-27-18-9)100(98(111)112,92(105)83-74-65-56-40-31-22-13-4)93(106)84-75-66-57-41-32-23-14-5/h11-18,49-50H,2-10,19-48,51-89H2,1H3,(H,111,112)/b50-49+. The topological polar surface area (TPSA) is 174 Å². The molecule has 0 bridgehead atoms. The van der Waals surface area contributed by atoms with Crippen LogP contribution in [0.25, 0.3) is 0 Å². The molecule has 112 heavy (non-hydrogen) atoms. The molecule has 0 saturated carbocycles. The van der Waals surface area contributed by atoms with Crippen molar-refractivity contribution in [3.05, 3.63) is 113 Å². The Hall–Kier alpha value is -5.51. The van der Waals surface area contributed by atoms with Crippen molar-refractivity contribution in [2.24, 2.45) is 21.7 Å². The molecule has 0 saturated heterocycles. The lowest BCUT2D eigenvalue weighted by atomic mass is 9.33. The summed E-state index contributed by atoms with van der Waals surface area (Å²) in [4.78, 5) is 160. The molecule has 0 radical (unpaired) electrons. The van der Waals surface area contributed by atoms with Crippen molar-refractivity contribution in [3.63, 3.8) is 0 Å². The molecule has 0 aromatic heterocycles. The second kappa shape index (κ2) is 73.1. The number of hydrogen-bond donors (Lipinski definition) is 1. The summed E-state index contributed by atoms with van der Waals surface area (Å²) in [5, 5.41) is 13.4. The number of carbonyl (C=O) groups excluding carboxylic acids is 8. The molecule has 1 N–H and O–H groups in total. The molecular weight excluding hydrogens is 1390 g/mol. The number of rotatable bonds is 91. The smallest absolute Gasteiger partial charge is 0.326 e. The third-order valence-corrected chi connectivity index (χ3v) is 23.9. The van der Waals surface area contributed by atoms with Crippen LogP contribution in [-0.4, -0.2) is 57.3 Å². The van der Waals surface area contributed by atoms with Crippen molar-refractivity contribution in [1.29, 1.82) is 0 Å². The minimum atomic E-state index is -3.73. The molecule has 0 unspecified atom stereocenters. The number of unbranched alkanes of at least 4 members (excludes halogenated alkanes) is 51. The number of allylic oxidation sites excluding steroid dienone is 10. The van der Waals surface area contributed by atoms with Gasteiger partial charge in [-0.05, 0) is 186 Å². The van der Waals surface area contributed by atoms with Crippen LogP contribution in [0.1, 0.15) is 456 Å². The van der Waals surface area contributed by atoms with E-state index in [0.717, 1.165) is 199 Å². The minimum Gasteiger partial charge on any atom is -0.480 e.